The van der Waals surface area contributed by atoms with Gasteiger partial charge in [-0.2, -0.15) is 13.2 Å². The lowest BCUT2D eigenvalue weighted by Crippen LogP contribution is -2.40. The molecule has 0 fully saturated rings. The van der Waals surface area contributed by atoms with Crippen molar-refractivity contribution < 1.29 is 23.1 Å². The molecule has 2 aromatic heterocycles. The van der Waals surface area contributed by atoms with E-state index in [1.54, 1.807) is 30.5 Å². The number of nitrogens with one attached hydrogen (secondary N) is 2. The van der Waals surface area contributed by atoms with E-state index in [9.17, 15) is 23.1 Å². The molecule has 2 heterocycles. The predicted octanol–water partition coefficient (Wildman–Crippen LogP) is 4.88. The van der Waals surface area contributed by atoms with E-state index in [0.29, 0.717) is 11.5 Å². The molecule has 1 aromatic carbocycles. The maximum absolute atomic E-state index is 12.9. The van der Waals surface area contributed by atoms with Crippen molar-refractivity contribution in [3.8, 4) is 11.1 Å². The number of aliphatic carboxylic acids is 1. The Bertz CT molecular complexity index is 1120. The number of halogens is 3. The molecule has 0 aliphatic carbocycles. The Hall–Kier alpha value is -3.69. The second kappa shape index (κ2) is 8.21. The second-order valence-corrected chi connectivity index (χ2v) is 7.46. The number of nitrogens with zero attached hydrogens (tertiary/aromatic N) is 3. The predicted molar refractivity (Wildman–Crippen MR) is 110 cm³/mol. The number of carboxylic acid groups (broad SMARTS) is 1. The van der Waals surface area contributed by atoms with Crippen LogP contribution in [0.25, 0.3) is 11.1 Å². The standard InChI is InChI=1S/C21H20F3N5O2/c1-12-8-14(13-4-6-25-17(11-13)29-20(2,3)18(30)31)10-15(9-12)27-19-26-7-5-16(28-19)21(22,23)24/h4-11H,1-3H3,(H,25,29)(H,30,31)(H,26,27,28). The summed E-state index contributed by atoms with van der Waals surface area (Å²) in [6.07, 6.45) is -1.98. The highest BCUT2D eigenvalue weighted by Gasteiger charge is 2.32. The molecule has 0 saturated heterocycles. The molecule has 0 radical (unpaired) electrons. The zero-order valence-corrected chi connectivity index (χ0v) is 16.9. The van der Waals surface area contributed by atoms with E-state index in [2.05, 4.69) is 25.6 Å². The highest BCUT2D eigenvalue weighted by molar-refractivity contribution is 5.82. The summed E-state index contributed by atoms with van der Waals surface area (Å²) in [6.45, 7) is 4.89. The van der Waals surface area contributed by atoms with Crippen LogP contribution in [0.4, 0.5) is 30.6 Å². The average molecular weight is 431 g/mol. The summed E-state index contributed by atoms with van der Waals surface area (Å²) < 4.78 is 38.7. The van der Waals surface area contributed by atoms with Crippen LogP contribution >= 0.6 is 0 Å². The molecule has 3 rings (SSSR count). The fraction of sp³-hybridized carbons (Fsp3) is 0.238. The SMILES string of the molecule is Cc1cc(Nc2nccc(C(F)(F)F)n2)cc(-c2ccnc(NC(C)(C)C(=O)O)c2)c1. The van der Waals surface area contributed by atoms with Crippen LogP contribution in [0.3, 0.4) is 0 Å². The summed E-state index contributed by atoms with van der Waals surface area (Å²) in [5, 5.41) is 15.0. The van der Waals surface area contributed by atoms with Crippen molar-refractivity contribution in [2.45, 2.75) is 32.5 Å². The lowest BCUT2D eigenvalue weighted by molar-refractivity contribution is -0.141. The van der Waals surface area contributed by atoms with E-state index in [1.165, 1.54) is 13.8 Å². The van der Waals surface area contributed by atoms with Crippen molar-refractivity contribution in [2.24, 2.45) is 0 Å². The Kier molecular flexibility index (Phi) is 5.83. The Morgan fingerprint density at radius 3 is 2.39 bits per heavy atom. The van der Waals surface area contributed by atoms with Crippen molar-refractivity contribution in [2.75, 3.05) is 10.6 Å². The molecule has 0 atom stereocenters. The van der Waals surface area contributed by atoms with Crippen LogP contribution in [-0.4, -0.2) is 31.6 Å². The monoisotopic (exact) mass is 431 g/mol. The van der Waals surface area contributed by atoms with Gasteiger partial charge in [0.1, 0.15) is 17.1 Å². The smallest absolute Gasteiger partial charge is 0.433 e. The number of alkyl halides is 3. The summed E-state index contributed by atoms with van der Waals surface area (Å²) >= 11 is 0. The third-order valence-electron chi connectivity index (χ3n) is 4.35. The van der Waals surface area contributed by atoms with Gasteiger partial charge in [-0.3, -0.25) is 0 Å². The Morgan fingerprint density at radius 1 is 1.00 bits per heavy atom. The summed E-state index contributed by atoms with van der Waals surface area (Å²) in [5.74, 6) is -0.823. The molecule has 0 bridgehead atoms. The zero-order chi connectivity index (χ0) is 22.8. The molecule has 0 unspecified atom stereocenters. The number of hydrogen-bond donors (Lipinski definition) is 3. The molecule has 0 aliphatic rings. The van der Waals surface area contributed by atoms with Crippen molar-refractivity contribution in [3.05, 3.63) is 60.0 Å². The van der Waals surface area contributed by atoms with Gasteiger partial charge in [-0.1, -0.05) is 6.07 Å². The van der Waals surface area contributed by atoms with Crippen LogP contribution < -0.4 is 10.6 Å². The Labute approximate surface area is 176 Å². The lowest BCUT2D eigenvalue weighted by atomic mass is 10.0. The molecule has 0 aliphatic heterocycles. The first kappa shape index (κ1) is 22.0. The quantitative estimate of drug-likeness (QED) is 0.511. The normalized spacial score (nSPS) is 11.8. The van der Waals surface area contributed by atoms with Gasteiger partial charge in [-0.25, -0.2) is 19.7 Å². The minimum atomic E-state index is -4.57. The van der Waals surface area contributed by atoms with Crippen LogP contribution in [0.1, 0.15) is 25.1 Å². The fourth-order valence-electron chi connectivity index (χ4n) is 2.78. The van der Waals surface area contributed by atoms with Gasteiger partial charge in [-0.05, 0) is 67.8 Å². The van der Waals surface area contributed by atoms with E-state index >= 15 is 0 Å². The summed E-state index contributed by atoms with van der Waals surface area (Å²) in [6, 6.07) is 9.62. The van der Waals surface area contributed by atoms with E-state index in [4.69, 9.17) is 0 Å². The molecule has 0 amide bonds. The van der Waals surface area contributed by atoms with Gasteiger partial charge in [0.05, 0.1) is 0 Å². The van der Waals surface area contributed by atoms with Gasteiger partial charge in [0.25, 0.3) is 0 Å². The number of carbonyl (C=O) groups is 1. The van der Waals surface area contributed by atoms with Gasteiger partial charge < -0.3 is 15.7 Å². The van der Waals surface area contributed by atoms with E-state index in [1.807, 2.05) is 13.0 Å². The molecule has 0 saturated carbocycles. The number of hydrogen-bond acceptors (Lipinski definition) is 6. The van der Waals surface area contributed by atoms with Gasteiger partial charge >= 0.3 is 12.1 Å². The van der Waals surface area contributed by atoms with Crippen LogP contribution in [0.15, 0.2) is 48.8 Å². The highest BCUT2D eigenvalue weighted by atomic mass is 19.4. The number of benzene rings is 1. The van der Waals surface area contributed by atoms with Gasteiger partial charge in [0.2, 0.25) is 5.95 Å². The number of aryl methyl sites for hydroxylation is 1. The van der Waals surface area contributed by atoms with Crippen molar-refractivity contribution in [1.82, 2.24) is 15.0 Å². The summed E-state index contributed by atoms with van der Waals surface area (Å²) in [7, 11) is 0. The summed E-state index contributed by atoms with van der Waals surface area (Å²) in [5.41, 5.74) is 0.606. The first-order chi connectivity index (χ1) is 14.4. The molecule has 3 aromatic rings. The van der Waals surface area contributed by atoms with Gasteiger partial charge in [0, 0.05) is 18.1 Å². The molecule has 10 heteroatoms. The zero-order valence-electron chi connectivity index (χ0n) is 16.9. The third kappa shape index (κ3) is 5.47. The lowest BCUT2D eigenvalue weighted by Gasteiger charge is -2.22. The van der Waals surface area contributed by atoms with Crippen molar-refractivity contribution >= 4 is 23.4 Å². The first-order valence-corrected chi connectivity index (χ1v) is 9.21. The van der Waals surface area contributed by atoms with Crippen LogP contribution in [0, 0.1) is 6.92 Å². The minimum absolute atomic E-state index is 0.174. The molecule has 0 spiro atoms. The minimum Gasteiger partial charge on any atom is -0.480 e. The molecule has 7 nitrogen and oxygen atoms in total. The van der Waals surface area contributed by atoms with Crippen molar-refractivity contribution in [3.63, 3.8) is 0 Å². The van der Waals surface area contributed by atoms with E-state index < -0.39 is 23.4 Å². The molecular weight excluding hydrogens is 411 g/mol. The number of carboxylic acids is 1. The molecule has 31 heavy (non-hydrogen) atoms. The van der Waals surface area contributed by atoms with Crippen LogP contribution in [0.2, 0.25) is 0 Å². The maximum atomic E-state index is 12.9. The number of anilines is 3. The van der Waals surface area contributed by atoms with Crippen LogP contribution in [0.5, 0.6) is 0 Å². The van der Waals surface area contributed by atoms with E-state index in [0.717, 1.165) is 29.0 Å². The molecule has 3 N–H and O–H groups in total. The highest BCUT2D eigenvalue weighted by Crippen LogP contribution is 2.30. The maximum Gasteiger partial charge on any atom is 0.433 e. The number of rotatable bonds is 6. The van der Waals surface area contributed by atoms with Crippen LogP contribution in [-0.2, 0) is 11.0 Å². The first-order valence-electron chi connectivity index (χ1n) is 9.21. The summed E-state index contributed by atoms with van der Waals surface area (Å²) in [4.78, 5) is 22.9. The molecular formula is C21H20F3N5O2. The second-order valence-electron chi connectivity index (χ2n) is 7.46. The number of pyridine rings is 1. The van der Waals surface area contributed by atoms with Crippen molar-refractivity contribution in [1.29, 1.82) is 0 Å². The average Bonchev–Trinajstić information content (AvgIpc) is 2.67. The topological polar surface area (TPSA) is 100 Å². The Balaban J connectivity index is 1.90. The fourth-order valence-corrected chi connectivity index (χ4v) is 2.78. The van der Waals surface area contributed by atoms with Gasteiger partial charge in [0.15, 0.2) is 0 Å². The largest absolute Gasteiger partial charge is 0.480 e. The number of aromatic nitrogens is 3. The van der Waals surface area contributed by atoms with Gasteiger partial charge in [-0.15, -0.1) is 0 Å². The molecule has 162 valence electrons. The Morgan fingerprint density at radius 2 is 1.71 bits per heavy atom. The third-order valence-corrected chi connectivity index (χ3v) is 4.35. The van der Waals surface area contributed by atoms with E-state index in [-0.39, 0.29) is 5.95 Å².